The van der Waals surface area contributed by atoms with Crippen LogP contribution in [0.2, 0.25) is 5.02 Å². The van der Waals surface area contributed by atoms with Crippen molar-refractivity contribution in [1.29, 1.82) is 0 Å². The number of nitrogens with one attached hydrogen (secondary N) is 1. The summed E-state index contributed by atoms with van der Waals surface area (Å²) in [7, 11) is 0. The quantitative estimate of drug-likeness (QED) is 0.798. The molecule has 0 bridgehead atoms. The van der Waals surface area contributed by atoms with Crippen molar-refractivity contribution in [2.45, 2.75) is 6.42 Å². The lowest BCUT2D eigenvalue weighted by atomic mass is 10.2. The van der Waals surface area contributed by atoms with Crippen molar-refractivity contribution < 1.29 is 18.7 Å². The van der Waals surface area contributed by atoms with E-state index in [1.807, 2.05) is 0 Å². The Balaban J connectivity index is 1.89. The van der Waals surface area contributed by atoms with Crippen LogP contribution in [-0.4, -0.2) is 19.1 Å². The fraction of sp³-hybridized carbons (Fsp3) is 0.188. The zero-order valence-corrected chi connectivity index (χ0v) is 14.2. The number of carbonyl (C=O) groups excluding carboxylic acids is 1. The van der Waals surface area contributed by atoms with Gasteiger partial charge < -0.3 is 14.8 Å². The van der Waals surface area contributed by atoms with Crippen LogP contribution in [0.15, 0.2) is 34.8 Å². The van der Waals surface area contributed by atoms with E-state index in [0.29, 0.717) is 34.9 Å². The fourth-order valence-corrected chi connectivity index (χ4v) is 2.70. The van der Waals surface area contributed by atoms with E-state index in [9.17, 15) is 9.18 Å². The third kappa shape index (κ3) is 3.59. The SMILES string of the molecule is O=C(Nc1cc2c(cc1Cl)OCCCO2)c1cc(Br)ccc1F. The van der Waals surface area contributed by atoms with Gasteiger partial charge in [-0.25, -0.2) is 4.39 Å². The number of benzene rings is 2. The van der Waals surface area contributed by atoms with Crippen molar-refractivity contribution in [2.75, 3.05) is 18.5 Å². The number of hydrogen-bond donors (Lipinski definition) is 1. The van der Waals surface area contributed by atoms with Gasteiger partial charge in [0.05, 0.1) is 29.5 Å². The maximum Gasteiger partial charge on any atom is 0.258 e. The average molecular weight is 401 g/mol. The molecule has 0 fully saturated rings. The average Bonchev–Trinajstić information content (AvgIpc) is 2.75. The minimum Gasteiger partial charge on any atom is -0.490 e. The molecule has 0 saturated heterocycles. The van der Waals surface area contributed by atoms with Crippen LogP contribution in [0.25, 0.3) is 0 Å². The van der Waals surface area contributed by atoms with Gasteiger partial charge in [0.1, 0.15) is 5.82 Å². The van der Waals surface area contributed by atoms with Crippen LogP contribution < -0.4 is 14.8 Å². The van der Waals surface area contributed by atoms with Crippen LogP contribution >= 0.6 is 27.5 Å². The Morgan fingerprint density at radius 3 is 2.61 bits per heavy atom. The second-order valence-corrected chi connectivity index (χ2v) is 6.23. The monoisotopic (exact) mass is 399 g/mol. The van der Waals surface area contributed by atoms with Gasteiger partial charge in [-0.15, -0.1) is 0 Å². The summed E-state index contributed by atoms with van der Waals surface area (Å²) in [5.74, 6) is -0.188. The third-order valence-corrected chi connectivity index (χ3v) is 4.06. The summed E-state index contributed by atoms with van der Waals surface area (Å²) in [4.78, 5) is 12.3. The van der Waals surface area contributed by atoms with E-state index < -0.39 is 11.7 Å². The second-order valence-electron chi connectivity index (χ2n) is 4.91. The van der Waals surface area contributed by atoms with Crippen molar-refractivity contribution in [3.8, 4) is 11.5 Å². The van der Waals surface area contributed by atoms with Gasteiger partial charge in [0, 0.05) is 23.0 Å². The largest absolute Gasteiger partial charge is 0.490 e. The number of carbonyl (C=O) groups is 1. The minimum absolute atomic E-state index is 0.0810. The summed E-state index contributed by atoms with van der Waals surface area (Å²) in [6.45, 7) is 1.06. The molecule has 4 nitrogen and oxygen atoms in total. The van der Waals surface area contributed by atoms with Gasteiger partial charge in [-0.1, -0.05) is 27.5 Å². The van der Waals surface area contributed by atoms with Gasteiger partial charge in [-0.2, -0.15) is 0 Å². The molecule has 0 atom stereocenters. The van der Waals surface area contributed by atoms with Crippen LogP contribution in [0, 0.1) is 5.82 Å². The van der Waals surface area contributed by atoms with Gasteiger partial charge in [0.15, 0.2) is 11.5 Å². The zero-order valence-electron chi connectivity index (χ0n) is 11.9. The number of fused-ring (bicyclic) bond motifs is 1. The molecule has 1 aliphatic rings. The Labute approximate surface area is 145 Å². The molecule has 23 heavy (non-hydrogen) atoms. The maximum absolute atomic E-state index is 13.8. The maximum atomic E-state index is 13.8. The Bertz CT molecular complexity index is 769. The summed E-state index contributed by atoms with van der Waals surface area (Å²) < 4.78 is 25.5. The number of ether oxygens (including phenoxy) is 2. The first kappa shape index (κ1) is 16.1. The Morgan fingerprint density at radius 2 is 1.87 bits per heavy atom. The summed E-state index contributed by atoms with van der Waals surface area (Å²) in [5, 5.41) is 2.89. The summed E-state index contributed by atoms with van der Waals surface area (Å²) in [5.41, 5.74) is 0.253. The number of anilines is 1. The zero-order chi connectivity index (χ0) is 16.4. The summed E-state index contributed by atoms with van der Waals surface area (Å²) in [6.07, 6.45) is 0.761. The van der Waals surface area contributed by atoms with Crippen molar-refractivity contribution in [1.82, 2.24) is 0 Å². The van der Waals surface area contributed by atoms with E-state index >= 15 is 0 Å². The van der Waals surface area contributed by atoms with Gasteiger partial charge in [-0.3, -0.25) is 4.79 Å². The van der Waals surface area contributed by atoms with Gasteiger partial charge in [-0.05, 0) is 18.2 Å². The standard InChI is InChI=1S/C16H12BrClFNO3/c17-9-2-3-12(19)10(6-9)16(21)20-13-8-15-14(7-11(13)18)22-4-1-5-23-15/h2-3,6-8H,1,4-5H2,(H,20,21). The summed E-state index contributed by atoms with van der Waals surface area (Å²) >= 11 is 9.38. The molecular weight excluding hydrogens is 389 g/mol. The number of amides is 1. The molecular formula is C16H12BrClFNO3. The Morgan fingerprint density at radius 1 is 1.17 bits per heavy atom. The number of halogens is 3. The molecule has 0 spiro atoms. The molecule has 1 aliphatic heterocycles. The Hall–Kier alpha value is -1.79. The Kier molecular flexibility index (Phi) is 4.73. The lowest BCUT2D eigenvalue weighted by molar-refractivity contribution is 0.102. The molecule has 0 aromatic heterocycles. The molecule has 0 aliphatic carbocycles. The van der Waals surface area contributed by atoms with Crippen molar-refractivity contribution in [3.05, 3.63) is 51.2 Å². The summed E-state index contributed by atoms with van der Waals surface area (Å²) in [6, 6.07) is 7.30. The lowest BCUT2D eigenvalue weighted by Gasteiger charge is -2.13. The minimum atomic E-state index is -0.615. The molecule has 7 heteroatoms. The topological polar surface area (TPSA) is 47.6 Å². The molecule has 120 valence electrons. The fourth-order valence-electron chi connectivity index (χ4n) is 2.14. The van der Waals surface area contributed by atoms with Crippen LogP contribution in [-0.2, 0) is 0 Å². The predicted molar refractivity (Wildman–Crippen MR) is 89.1 cm³/mol. The van der Waals surface area contributed by atoms with Crippen molar-refractivity contribution >= 4 is 39.1 Å². The van der Waals surface area contributed by atoms with Gasteiger partial charge in [0.25, 0.3) is 5.91 Å². The molecule has 0 radical (unpaired) electrons. The molecule has 2 aromatic carbocycles. The second kappa shape index (κ2) is 6.76. The van der Waals surface area contributed by atoms with Gasteiger partial charge >= 0.3 is 0 Å². The van der Waals surface area contributed by atoms with E-state index in [0.717, 1.165) is 6.42 Å². The number of hydrogen-bond acceptors (Lipinski definition) is 3. The normalized spacial score (nSPS) is 13.3. The third-order valence-electron chi connectivity index (χ3n) is 3.26. The molecule has 1 N–H and O–H groups in total. The first-order chi connectivity index (χ1) is 11.0. The lowest BCUT2D eigenvalue weighted by Crippen LogP contribution is -2.14. The van der Waals surface area contributed by atoms with Crippen LogP contribution in [0.1, 0.15) is 16.8 Å². The highest BCUT2D eigenvalue weighted by Crippen LogP contribution is 2.37. The highest BCUT2D eigenvalue weighted by atomic mass is 79.9. The van der Waals surface area contributed by atoms with Crippen LogP contribution in [0.4, 0.5) is 10.1 Å². The highest BCUT2D eigenvalue weighted by Gasteiger charge is 2.18. The van der Waals surface area contributed by atoms with E-state index in [1.54, 1.807) is 12.1 Å². The van der Waals surface area contributed by atoms with Gasteiger partial charge in [0.2, 0.25) is 0 Å². The van der Waals surface area contributed by atoms with Crippen molar-refractivity contribution in [3.63, 3.8) is 0 Å². The highest BCUT2D eigenvalue weighted by molar-refractivity contribution is 9.10. The molecule has 3 rings (SSSR count). The molecule has 0 unspecified atom stereocenters. The van der Waals surface area contributed by atoms with E-state index in [1.165, 1.54) is 18.2 Å². The van der Waals surface area contributed by atoms with Crippen molar-refractivity contribution in [2.24, 2.45) is 0 Å². The van der Waals surface area contributed by atoms with E-state index in [2.05, 4.69) is 21.2 Å². The van der Waals surface area contributed by atoms with Crippen LogP contribution in [0.3, 0.4) is 0 Å². The predicted octanol–water partition coefficient (Wildman–Crippen LogP) is 4.66. The molecule has 1 amide bonds. The molecule has 2 aromatic rings. The smallest absolute Gasteiger partial charge is 0.258 e. The first-order valence-corrected chi connectivity index (χ1v) is 8.07. The first-order valence-electron chi connectivity index (χ1n) is 6.90. The van der Waals surface area contributed by atoms with Crippen LogP contribution in [0.5, 0.6) is 11.5 Å². The molecule has 1 heterocycles. The molecule has 0 saturated carbocycles. The number of rotatable bonds is 2. The van der Waals surface area contributed by atoms with E-state index in [-0.39, 0.29) is 10.6 Å². The van der Waals surface area contributed by atoms with E-state index in [4.69, 9.17) is 21.1 Å².